The van der Waals surface area contributed by atoms with Gasteiger partial charge in [-0.3, -0.25) is 9.59 Å². The normalized spacial score (nSPS) is 13.7. The molecule has 0 radical (unpaired) electrons. The molecule has 110 valence electrons. The van der Waals surface area contributed by atoms with Crippen molar-refractivity contribution in [1.29, 1.82) is 0 Å². The number of rotatable bonds is 7. The molecule has 0 spiro atoms. The fraction of sp³-hybridized carbons (Fsp3) is 0.385. The van der Waals surface area contributed by atoms with Crippen LogP contribution in [0, 0.1) is 5.92 Å². The second-order valence-corrected chi connectivity index (χ2v) is 4.64. The molecule has 7 N–H and O–H groups in total. The number of primary amides is 1. The van der Waals surface area contributed by atoms with Gasteiger partial charge < -0.3 is 26.8 Å². The molecular weight excluding hydrogens is 264 g/mol. The van der Waals surface area contributed by atoms with Crippen molar-refractivity contribution in [2.45, 2.75) is 25.3 Å². The predicted octanol–water partition coefficient (Wildman–Crippen LogP) is -0.0661. The number of benzene rings is 1. The standard InChI is InChI=1S/C13H18N2O5/c14-9(13(19)20)6-8(12(15)18)3-1-7-2-4-10(16)11(17)5-7/h2,4-5,8-9,16-17H,1,3,6,14H2,(H2,15,18)(H,19,20)/t8?,9-/m0/s1. The van der Waals surface area contributed by atoms with Crippen molar-refractivity contribution < 1.29 is 24.9 Å². The highest BCUT2D eigenvalue weighted by Crippen LogP contribution is 2.26. The highest BCUT2D eigenvalue weighted by molar-refractivity contribution is 5.79. The number of hydrogen-bond donors (Lipinski definition) is 5. The lowest BCUT2D eigenvalue weighted by Crippen LogP contribution is -2.36. The lowest BCUT2D eigenvalue weighted by atomic mass is 9.92. The van der Waals surface area contributed by atoms with Gasteiger partial charge in [0.15, 0.2) is 11.5 Å². The topological polar surface area (TPSA) is 147 Å². The number of aromatic hydroxyl groups is 2. The Bertz CT molecular complexity index is 504. The van der Waals surface area contributed by atoms with Gasteiger partial charge in [-0.1, -0.05) is 6.07 Å². The minimum Gasteiger partial charge on any atom is -0.504 e. The Hall–Kier alpha value is -2.28. The van der Waals surface area contributed by atoms with E-state index in [1.165, 1.54) is 12.1 Å². The van der Waals surface area contributed by atoms with Crippen LogP contribution in [0.2, 0.25) is 0 Å². The summed E-state index contributed by atoms with van der Waals surface area (Å²) in [5, 5.41) is 27.3. The summed E-state index contributed by atoms with van der Waals surface area (Å²) < 4.78 is 0. The van der Waals surface area contributed by atoms with Crippen LogP contribution in [0.25, 0.3) is 0 Å². The highest BCUT2D eigenvalue weighted by Gasteiger charge is 2.22. The molecule has 1 unspecified atom stereocenters. The summed E-state index contributed by atoms with van der Waals surface area (Å²) >= 11 is 0. The molecule has 1 aromatic carbocycles. The summed E-state index contributed by atoms with van der Waals surface area (Å²) in [6.45, 7) is 0. The Labute approximate surface area is 115 Å². The number of carbonyl (C=O) groups is 2. The molecule has 0 heterocycles. The van der Waals surface area contributed by atoms with E-state index < -0.39 is 23.8 Å². The summed E-state index contributed by atoms with van der Waals surface area (Å²) in [6, 6.07) is 3.18. The lowest BCUT2D eigenvalue weighted by molar-refractivity contribution is -0.139. The van der Waals surface area contributed by atoms with E-state index in [1.807, 2.05) is 0 Å². The maximum absolute atomic E-state index is 11.3. The van der Waals surface area contributed by atoms with Gasteiger partial charge in [-0.05, 0) is 37.0 Å². The second kappa shape index (κ2) is 6.76. The van der Waals surface area contributed by atoms with Crippen LogP contribution in [0.4, 0.5) is 0 Å². The average Bonchev–Trinajstić information content (AvgIpc) is 2.37. The lowest BCUT2D eigenvalue weighted by Gasteiger charge is -2.15. The Morgan fingerprint density at radius 2 is 1.85 bits per heavy atom. The van der Waals surface area contributed by atoms with E-state index in [-0.39, 0.29) is 17.9 Å². The molecule has 0 aliphatic carbocycles. The van der Waals surface area contributed by atoms with Gasteiger partial charge in [0.1, 0.15) is 6.04 Å². The molecular formula is C13H18N2O5. The van der Waals surface area contributed by atoms with E-state index in [0.717, 1.165) is 0 Å². The van der Waals surface area contributed by atoms with Crippen LogP contribution in [0.5, 0.6) is 11.5 Å². The molecule has 20 heavy (non-hydrogen) atoms. The number of phenols is 2. The second-order valence-electron chi connectivity index (χ2n) is 4.64. The SMILES string of the molecule is NC(=O)C(CCc1ccc(O)c(O)c1)C[C@H](N)C(=O)O. The molecule has 0 aliphatic rings. The summed E-state index contributed by atoms with van der Waals surface area (Å²) in [5.41, 5.74) is 11.3. The van der Waals surface area contributed by atoms with Gasteiger partial charge >= 0.3 is 5.97 Å². The fourth-order valence-electron chi connectivity index (χ4n) is 1.85. The van der Waals surface area contributed by atoms with Crippen LogP contribution in [0.1, 0.15) is 18.4 Å². The molecule has 0 saturated heterocycles. The number of phenolic OH excluding ortho intramolecular Hbond substituents is 2. The summed E-state index contributed by atoms with van der Waals surface area (Å²) in [6.07, 6.45) is 0.697. The summed E-state index contributed by atoms with van der Waals surface area (Å²) in [7, 11) is 0. The first kappa shape index (κ1) is 15.8. The number of aliphatic carboxylic acids is 1. The molecule has 1 rings (SSSR count). The fourth-order valence-corrected chi connectivity index (χ4v) is 1.85. The maximum atomic E-state index is 11.3. The van der Waals surface area contributed by atoms with Gasteiger partial charge in [0.2, 0.25) is 5.91 Å². The quantitative estimate of drug-likeness (QED) is 0.442. The van der Waals surface area contributed by atoms with Gasteiger partial charge in [0, 0.05) is 5.92 Å². The third kappa shape index (κ3) is 4.43. The molecule has 7 nitrogen and oxygen atoms in total. The minimum atomic E-state index is -1.18. The largest absolute Gasteiger partial charge is 0.504 e. The molecule has 1 aromatic rings. The first-order chi connectivity index (χ1) is 9.31. The van der Waals surface area contributed by atoms with E-state index in [9.17, 15) is 19.8 Å². The van der Waals surface area contributed by atoms with E-state index in [2.05, 4.69) is 0 Å². The molecule has 0 fully saturated rings. The van der Waals surface area contributed by atoms with E-state index in [0.29, 0.717) is 18.4 Å². The van der Waals surface area contributed by atoms with Gasteiger partial charge in [0.05, 0.1) is 0 Å². The maximum Gasteiger partial charge on any atom is 0.320 e. The molecule has 0 bridgehead atoms. The number of carbonyl (C=O) groups excluding carboxylic acids is 1. The van der Waals surface area contributed by atoms with Crippen LogP contribution in [0.3, 0.4) is 0 Å². The van der Waals surface area contributed by atoms with Gasteiger partial charge in [-0.2, -0.15) is 0 Å². The van der Waals surface area contributed by atoms with Crippen LogP contribution in [-0.4, -0.2) is 33.2 Å². The average molecular weight is 282 g/mol. The highest BCUT2D eigenvalue weighted by atomic mass is 16.4. The Balaban J connectivity index is 2.65. The van der Waals surface area contributed by atoms with Crippen molar-refractivity contribution in [3.8, 4) is 11.5 Å². The smallest absolute Gasteiger partial charge is 0.320 e. The zero-order valence-electron chi connectivity index (χ0n) is 10.8. The molecule has 7 heteroatoms. The predicted molar refractivity (Wildman–Crippen MR) is 71.0 cm³/mol. The first-order valence-electron chi connectivity index (χ1n) is 6.09. The number of nitrogens with two attached hydrogens (primary N) is 2. The van der Waals surface area contributed by atoms with Gasteiger partial charge in [0.25, 0.3) is 0 Å². The van der Waals surface area contributed by atoms with Gasteiger partial charge in [-0.25, -0.2) is 0 Å². The molecule has 0 aliphatic heterocycles. The van der Waals surface area contributed by atoms with E-state index in [1.54, 1.807) is 6.07 Å². The van der Waals surface area contributed by atoms with Crippen LogP contribution in [-0.2, 0) is 16.0 Å². The molecule has 2 atom stereocenters. The minimum absolute atomic E-state index is 0.0330. The van der Waals surface area contributed by atoms with Crippen molar-refractivity contribution in [2.24, 2.45) is 17.4 Å². The van der Waals surface area contributed by atoms with Crippen molar-refractivity contribution in [3.05, 3.63) is 23.8 Å². The number of carboxylic acid groups (broad SMARTS) is 1. The van der Waals surface area contributed by atoms with E-state index >= 15 is 0 Å². The summed E-state index contributed by atoms with van der Waals surface area (Å²) in [5.74, 6) is -2.92. The van der Waals surface area contributed by atoms with E-state index in [4.69, 9.17) is 16.6 Å². The zero-order chi connectivity index (χ0) is 15.3. The Morgan fingerprint density at radius 3 is 2.35 bits per heavy atom. The van der Waals surface area contributed by atoms with Crippen molar-refractivity contribution in [2.75, 3.05) is 0 Å². The summed E-state index contributed by atoms with van der Waals surface area (Å²) in [4.78, 5) is 22.0. The Kier molecular flexibility index (Phi) is 5.33. The van der Waals surface area contributed by atoms with Crippen molar-refractivity contribution in [1.82, 2.24) is 0 Å². The third-order valence-electron chi connectivity index (χ3n) is 3.08. The number of hydrogen-bond acceptors (Lipinski definition) is 5. The molecule has 0 aromatic heterocycles. The van der Waals surface area contributed by atoms with Crippen molar-refractivity contribution in [3.63, 3.8) is 0 Å². The Morgan fingerprint density at radius 1 is 1.20 bits per heavy atom. The molecule has 0 saturated carbocycles. The third-order valence-corrected chi connectivity index (χ3v) is 3.08. The monoisotopic (exact) mass is 282 g/mol. The van der Waals surface area contributed by atoms with Crippen LogP contribution >= 0.6 is 0 Å². The number of carboxylic acids is 1. The first-order valence-corrected chi connectivity index (χ1v) is 6.09. The van der Waals surface area contributed by atoms with Crippen molar-refractivity contribution >= 4 is 11.9 Å². The number of amides is 1. The molecule has 1 amide bonds. The number of aryl methyl sites for hydroxylation is 1. The van der Waals surface area contributed by atoms with Gasteiger partial charge in [-0.15, -0.1) is 0 Å². The zero-order valence-corrected chi connectivity index (χ0v) is 10.8. The van der Waals surface area contributed by atoms with Crippen LogP contribution in [0.15, 0.2) is 18.2 Å². The van der Waals surface area contributed by atoms with Crippen LogP contribution < -0.4 is 11.5 Å².